The summed E-state index contributed by atoms with van der Waals surface area (Å²) in [6.45, 7) is 4.18. The molecule has 0 spiro atoms. The fraction of sp³-hybridized carbons (Fsp3) is 0.333. The van der Waals surface area contributed by atoms with Crippen LogP contribution in [0.4, 0.5) is 0 Å². The van der Waals surface area contributed by atoms with Crippen LogP contribution in [0.15, 0.2) is 23.3 Å². The normalized spacial score (nSPS) is 24.3. The molecule has 0 heteroatoms. The Morgan fingerprint density at radius 1 is 1.67 bits per heavy atom. The van der Waals surface area contributed by atoms with Crippen molar-refractivity contribution in [1.82, 2.24) is 0 Å². The van der Waals surface area contributed by atoms with Crippen molar-refractivity contribution in [3.05, 3.63) is 23.3 Å². The van der Waals surface area contributed by atoms with Crippen molar-refractivity contribution in [1.29, 1.82) is 0 Å². The van der Waals surface area contributed by atoms with E-state index < -0.39 is 0 Å². The van der Waals surface area contributed by atoms with E-state index in [0.717, 1.165) is 0 Å². The van der Waals surface area contributed by atoms with E-state index in [-0.39, 0.29) is 0 Å². The Morgan fingerprint density at radius 3 is 2.17 bits per heavy atom. The molecule has 0 atom stereocenters. The van der Waals surface area contributed by atoms with Crippen LogP contribution in [0.25, 0.3) is 0 Å². The summed E-state index contributed by atoms with van der Waals surface area (Å²) < 4.78 is 0. The summed E-state index contributed by atoms with van der Waals surface area (Å²) in [6.07, 6.45) is 4.29. The summed E-state index contributed by atoms with van der Waals surface area (Å²) in [4.78, 5) is 0. The molecule has 1 aliphatic carbocycles. The first-order chi connectivity index (χ1) is 2.84. The summed E-state index contributed by atoms with van der Waals surface area (Å²) in [5.41, 5.74) is 2.87. The highest BCUT2D eigenvalue weighted by Crippen LogP contribution is 2.25. The number of hydrogen-bond donors (Lipinski definition) is 0. The van der Waals surface area contributed by atoms with Crippen molar-refractivity contribution in [3.8, 4) is 0 Å². The second kappa shape index (κ2) is 0.970. The minimum Gasteiger partial charge on any atom is -0.0801 e. The molecule has 0 fully saturated rings. The molecule has 6 heavy (non-hydrogen) atoms. The van der Waals surface area contributed by atoms with Gasteiger partial charge < -0.3 is 0 Å². The summed E-state index contributed by atoms with van der Waals surface area (Å²) in [7, 11) is 0. The molecule has 0 radical (unpaired) electrons. The molecule has 0 nitrogen and oxygen atoms in total. The topological polar surface area (TPSA) is 0 Å². The average molecular weight is 80.1 g/mol. The van der Waals surface area contributed by atoms with Crippen molar-refractivity contribution in [2.75, 3.05) is 0 Å². The molecule has 0 aliphatic heterocycles. The number of rotatable bonds is 0. The zero-order valence-electron chi connectivity index (χ0n) is 4.15. The second-order valence-electron chi connectivity index (χ2n) is 1.57. The van der Waals surface area contributed by atoms with Crippen LogP contribution < -0.4 is 0 Å². The highest BCUT2D eigenvalue weighted by molar-refractivity contribution is 5.55. The largest absolute Gasteiger partial charge is 0.0801 e. The quantitative estimate of drug-likeness (QED) is 0.417. The van der Waals surface area contributed by atoms with Crippen LogP contribution in [0.2, 0.25) is 0 Å². The van der Waals surface area contributed by atoms with Crippen LogP contribution >= 0.6 is 0 Å². The third-order valence-electron chi connectivity index (χ3n) is 1.06. The van der Waals surface area contributed by atoms with E-state index in [9.17, 15) is 0 Å². The van der Waals surface area contributed by atoms with Gasteiger partial charge in [-0.1, -0.05) is 12.2 Å². The molecule has 0 aromatic carbocycles. The van der Waals surface area contributed by atoms with Crippen LogP contribution in [0.3, 0.4) is 0 Å². The summed E-state index contributed by atoms with van der Waals surface area (Å²) in [5.74, 6) is 0. The molecule has 0 N–H and O–H groups in total. The molecular weight excluding hydrogens is 72.1 g/mol. The van der Waals surface area contributed by atoms with Gasteiger partial charge in [0.1, 0.15) is 0 Å². The zero-order chi connectivity index (χ0) is 4.57. The van der Waals surface area contributed by atoms with Crippen LogP contribution in [-0.4, -0.2) is 0 Å². The Hall–Kier alpha value is -0.520. The molecule has 32 valence electrons. The lowest BCUT2D eigenvalue weighted by atomic mass is 10.4. The highest BCUT2D eigenvalue weighted by Gasteiger charge is 2.05. The molecule has 0 saturated heterocycles. The van der Waals surface area contributed by atoms with Gasteiger partial charge in [0.15, 0.2) is 0 Å². The Labute approximate surface area is 38.2 Å². The van der Waals surface area contributed by atoms with Crippen LogP contribution in [0.5, 0.6) is 0 Å². The van der Waals surface area contributed by atoms with E-state index in [0.29, 0.717) is 0 Å². The molecular formula is C6H8. The Morgan fingerprint density at radius 2 is 2.17 bits per heavy atom. The maximum Gasteiger partial charge on any atom is -0.0267 e. The predicted molar refractivity (Wildman–Crippen MR) is 27.5 cm³/mol. The number of hydrogen-bond acceptors (Lipinski definition) is 0. The van der Waals surface area contributed by atoms with Gasteiger partial charge in [0, 0.05) is 0 Å². The standard InChI is InChI=1S/C6H8/c1-3-6-4-5(6)2/h3-4H,1-2H3. The molecule has 0 aromatic rings. The van der Waals surface area contributed by atoms with Crippen molar-refractivity contribution in [3.63, 3.8) is 0 Å². The molecule has 1 rings (SSSR count). The smallest absolute Gasteiger partial charge is 0.0267 e. The van der Waals surface area contributed by atoms with E-state index in [1.807, 2.05) is 0 Å². The Bertz CT molecular complexity index is 113. The fourth-order valence-corrected chi connectivity index (χ4v) is 0.508. The lowest BCUT2D eigenvalue weighted by Gasteiger charge is -1.65. The molecule has 0 aromatic heterocycles. The lowest BCUT2D eigenvalue weighted by molar-refractivity contribution is 1.61. The van der Waals surface area contributed by atoms with Gasteiger partial charge in [0.05, 0.1) is 0 Å². The van der Waals surface area contributed by atoms with Crippen LogP contribution in [0, 0.1) is 0 Å². The van der Waals surface area contributed by atoms with Crippen molar-refractivity contribution < 1.29 is 0 Å². The third kappa shape index (κ3) is 0.383. The minimum absolute atomic E-state index is 1.43. The lowest BCUT2D eigenvalue weighted by Crippen LogP contribution is -1.45. The summed E-state index contributed by atoms with van der Waals surface area (Å²) in [6, 6.07) is 0. The molecule has 0 heterocycles. The van der Waals surface area contributed by atoms with Gasteiger partial charge in [-0.15, -0.1) is 0 Å². The summed E-state index contributed by atoms with van der Waals surface area (Å²) in [5, 5.41) is 0. The number of allylic oxidation sites excluding steroid dienone is 4. The van der Waals surface area contributed by atoms with E-state index in [1.165, 1.54) is 11.1 Å². The van der Waals surface area contributed by atoms with Crippen molar-refractivity contribution in [2.24, 2.45) is 0 Å². The zero-order valence-corrected chi connectivity index (χ0v) is 4.15. The maximum absolute atomic E-state index is 2.17. The van der Waals surface area contributed by atoms with E-state index in [2.05, 4.69) is 26.0 Å². The monoisotopic (exact) mass is 80.1 g/mol. The second-order valence-corrected chi connectivity index (χ2v) is 1.57. The van der Waals surface area contributed by atoms with E-state index in [4.69, 9.17) is 0 Å². The molecule has 0 saturated carbocycles. The molecule has 0 amide bonds. The molecule has 0 unspecified atom stereocenters. The van der Waals surface area contributed by atoms with Gasteiger partial charge in [0.25, 0.3) is 0 Å². The van der Waals surface area contributed by atoms with Gasteiger partial charge >= 0.3 is 0 Å². The van der Waals surface area contributed by atoms with E-state index >= 15 is 0 Å². The first kappa shape index (κ1) is 3.66. The average Bonchev–Trinajstić information content (AvgIpc) is 2.19. The molecule has 0 bridgehead atoms. The van der Waals surface area contributed by atoms with Crippen molar-refractivity contribution in [2.45, 2.75) is 13.8 Å². The first-order valence-corrected chi connectivity index (χ1v) is 2.19. The maximum atomic E-state index is 2.17. The van der Waals surface area contributed by atoms with Crippen molar-refractivity contribution >= 4 is 0 Å². The van der Waals surface area contributed by atoms with Gasteiger partial charge in [0.2, 0.25) is 0 Å². The SMILES string of the molecule is CC=C1C=C1C. The van der Waals surface area contributed by atoms with Crippen LogP contribution in [0.1, 0.15) is 13.8 Å². The van der Waals surface area contributed by atoms with Gasteiger partial charge in [-0.3, -0.25) is 0 Å². The molecule has 1 aliphatic rings. The summed E-state index contributed by atoms with van der Waals surface area (Å²) >= 11 is 0. The van der Waals surface area contributed by atoms with Crippen LogP contribution in [-0.2, 0) is 0 Å². The van der Waals surface area contributed by atoms with E-state index in [1.54, 1.807) is 0 Å². The Balaban J connectivity index is 2.56. The minimum atomic E-state index is 1.43. The van der Waals surface area contributed by atoms with Gasteiger partial charge in [-0.05, 0) is 25.0 Å². The predicted octanol–water partition coefficient (Wildman–Crippen LogP) is 1.89. The van der Waals surface area contributed by atoms with Gasteiger partial charge in [-0.2, -0.15) is 0 Å². The highest BCUT2D eigenvalue weighted by atomic mass is 14.1. The van der Waals surface area contributed by atoms with Gasteiger partial charge in [-0.25, -0.2) is 0 Å². The first-order valence-electron chi connectivity index (χ1n) is 2.19. The fourth-order valence-electron chi connectivity index (χ4n) is 0.508. The third-order valence-corrected chi connectivity index (χ3v) is 1.06. The Kier molecular flexibility index (Phi) is 0.592.